The number of para-hydroxylation sites is 1. The first kappa shape index (κ1) is 16.8. The van der Waals surface area contributed by atoms with Crippen molar-refractivity contribution in [3.05, 3.63) is 65.7 Å². The van der Waals surface area contributed by atoms with Crippen LogP contribution in [0.1, 0.15) is 17.5 Å². The Hall–Kier alpha value is -2.66. The number of benzene rings is 2. The molecule has 5 heteroatoms. The molecule has 5 nitrogen and oxygen atoms in total. The van der Waals surface area contributed by atoms with Gasteiger partial charge in [-0.2, -0.15) is 0 Å². The molecule has 26 heavy (non-hydrogen) atoms. The second kappa shape index (κ2) is 6.25. The fourth-order valence-corrected chi connectivity index (χ4v) is 4.09. The van der Waals surface area contributed by atoms with E-state index in [0.717, 1.165) is 16.8 Å². The monoisotopic (exact) mass is 350 g/mol. The van der Waals surface area contributed by atoms with Crippen molar-refractivity contribution in [1.82, 2.24) is 4.90 Å². The van der Waals surface area contributed by atoms with Crippen molar-refractivity contribution >= 4 is 17.5 Å². The summed E-state index contributed by atoms with van der Waals surface area (Å²) in [5, 5.41) is 9.51. The molecule has 0 radical (unpaired) electrons. The first-order valence-corrected chi connectivity index (χ1v) is 8.89. The normalized spacial score (nSPS) is 22.3. The smallest absolute Gasteiger partial charge is 0.238 e. The molecule has 2 aliphatic rings. The highest BCUT2D eigenvalue weighted by atomic mass is 16.3. The summed E-state index contributed by atoms with van der Waals surface area (Å²) in [5.41, 5.74) is 1.91. The first-order valence-electron chi connectivity index (χ1n) is 8.89. The van der Waals surface area contributed by atoms with Crippen molar-refractivity contribution in [1.29, 1.82) is 0 Å². The molecule has 0 aliphatic carbocycles. The van der Waals surface area contributed by atoms with Crippen LogP contribution in [-0.2, 0) is 21.4 Å². The largest absolute Gasteiger partial charge is 0.389 e. The molecule has 1 N–H and O–H groups in total. The predicted molar refractivity (Wildman–Crippen MR) is 98.9 cm³/mol. The summed E-state index contributed by atoms with van der Waals surface area (Å²) in [6, 6.07) is 17.5. The molecule has 1 atom stereocenters. The van der Waals surface area contributed by atoms with Gasteiger partial charge < -0.3 is 14.9 Å². The summed E-state index contributed by atoms with van der Waals surface area (Å²) in [7, 11) is 1.77. The Bertz CT molecular complexity index is 845. The van der Waals surface area contributed by atoms with Crippen LogP contribution in [-0.4, -0.2) is 48.1 Å². The van der Waals surface area contributed by atoms with E-state index in [1.165, 1.54) is 0 Å². The molecule has 0 saturated carbocycles. The summed E-state index contributed by atoms with van der Waals surface area (Å²) >= 11 is 0. The number of hydrogen-bond donors (Lipinski definition) is 1. The number of rotatable bonds is 4. The second-order valence-electron chi connectivity index (χ2n) is 7.26. The number of nitrogens with zero attached hydrogens (tertiary/aromatic N) is 2. The number of fused-ring (bicyclic) bond motifs is 1. The highest BCUT2D eigenvalue weighted by Gasteiger charge is 2.51. The maximum absolute atomic E-state index is 13.3. The molecule has 2 aromatic carbocycles. The number of carbonyl (C=O) groups excluding carboxylic acids is 2. The molecule has 1 fully saturated rings. The minimum atomic E-state index is -0.898. The third-order valence-electron chi connectivity index (χ3n) is 5.51. The number of likely N-dealkylation sites (N-methyl/N-ethyl adjacent to an activating group) is 1. The molecule has 2 heterocycles. The molecule has 2 amide bonds. The van der Waals surface area contributed by atoms with Gasteiger partial charge in [-0.05, 0) is 23.6 Å². The number of aliphatic hydroxyl groups is 1. The quantitative estimate of drug-likeness (QED) is 0.914. The van der Waals surface area contributed by atoms with Crippen molar-refractivity contribution in [2.24, 2.45) is 0 Å². The number of likely N-dealkylation sites (tertiary alicyclic amines) is 1. The van der Waals surface area contributed by atoms with Gasteiger partial charge in [-0.1, -0.05) is 48.5 Å². The summed E-state index contributed by atoms with van der Waals surface area (Å²) in [6.07, 6.45) is 0.156. The molecule has 0 bridgehead atoms. The average Bonchev–Trinajstić information content (AvgIpc) is 2.83. The van der Waals surface area contributed by atoms with Crippen LogP contribution in [0, 0.1) is 0 Å². The Morgan fingerprint density at radius 1 is 1.12 bits per heavy atom. The minimum absolute atomic E-state index is 0.0445. The van der Waals surface area contributed by atoms with Crippen LogP contribution in [0.3, 0.4) is 0 Å². The molecule has 0 aromatic heterocycles. The average molecular weight is 350 g/mol. The maximum Gasteiger partial charge on any atom is 0.238 e. The highest BCUT2D eigenvalue weighted by molar-refractivity contribution is 6.10. The van der Waals surface area contributed by atoms with E-state index in [0.29, 0.717) is 19.5 Å². The summed E-state index contributed by atoms with van der Waals surface area (Å²) in [4.78, 5) is 29.4. The third-order valence-corrected chi connectivity index (χ3v) is 5.51. The Balaban J connectivity index is 1.75. The van der Waals surface area contributed by atoms with Crippen LogP contribution in [0.2, 0.25) is 0 Å². The van der Waals surface area contributed by atoms with Gasteiger partial charge in [0.05, 0.1) is 11.5 Å². The Labute approximate surface area is 152 Å². The van der Waals surface area contributed by atoms with E-state index in [4.69, 9.17) is 0 Å². The Morgan fingerprint density at radius 2 is 1.77 bits per heavy atom. The highest BCUT2D eigenvalue weighted by Crippen LogP contribution is 2.46. The van der Waals surface area contributed by atoms with Crippen molar-refractivity contribution in [3.8, 4) is 0 Å². The van der Waals surface area contributed by atoms with Gasteiger partial charge in [0.1, 0.15) is 0 Å². The zero-order valence-corrected chi connectivity index (χ0v) is 14.8. The maximum atomic E-state index is 13.3. The van der Waals surface area contributed by atoms with Crippen LogP contribution >= 0.6 is 0 Å². The van der Waals surface area contributed by atoms with Gasteiger partial charge >= 0.3 is 0 Å². The van der Waals surface area contributed by atoms with Gasteiger partial charge in [-0.25, -0.2) is 0 Å². The molecule has 134 valence electrons. The van der Waals surface area contributed by atoms with Gasteiger partial charge in [0.15, 0.2) is 0 Å². The van der Waals surface area contributed by atoms with Crippen molar-refractivity contribution in [2.45, 2.75) is 24.4 Å². The summed E-state index contributed by atoms with van der Waals surface area (Å²) in [5.74, 6) is -0.123. The van der Waals surface area contributed by atoms with E-state index in [2.05, 4.69) is 0 Å². The predicted octanol–water partition coefficient (Wildman–Crippen LogP) is 1.74. The van der Waals surface area contributed by atoms with Crippen molar-refractivity contribution < 1.29 is 14.7 Å². The molecular formula is C21H22N2O3. The lowest BCUT2D eigenvalue weighted by Crippen LogP contribution is -2.55. The van der Waals surface area contributed by atoms with Crippen LogP contribution < -0.4 is 4.90 Å². The zero-order chi connectivity index (χ0) is 18.3. The Kier molecular flexibility index (Phi) is 4.04. The molecule has 2 aliphatic heterocycles. The van der Waals surface area contributed by atoms with Crippen LogP contribution in [0.15, 0.2) is 54.6 Å². The minimum Gasteiger partial charge on any atom is -0.389 e. The molecule has 2 aromatic rings. The van der Waals surface area contributed by atoms with E-state index >= 15 is 0 Å². The zero-order valence-electron chi connectivity index (χ0n) is 14.8. The number of β-amino-alcohol motifs (C(OH)–C–C–N with tert-alkyl or cyclic N) is 1. The lowest BCUT2D eigenvalue weighted by molar-refractivity contribution is -0.144. The van der Waals surface area contributed by atoms with Gasteiger partial charge in [-0.15, -0.1) is 0 Å². The van der Waals surface area contributed by atoms with E-state index in [1.807, 2.05) is 54.6 Å². The molecule has 0 spiro atoms. The SMILES string of the molecule is CN1C(=O)[C@](CC(=O)N2CC(O)C2)(Cc2ccccc2)c2ccccc21. The van der Waals surface area contributed by atoms with Gasteiger partial charge in [0.25, 0.3) is 0 Å². The lowest BCUT2D eigenvalue weighted by atomic mass is 9.73. The van der Waals surface area contributed by atoms with Crippen molar-refractivity contribution in [3.63, 3.8) is 0 Å². The van der Waals surface area contributed by atoms with E-state index in [-0.39, 0.29) is 18.2 Å². The second-order valence-corrected chi connectivity index (χ2v) is 7.26. The number of carbonyl (C=O) groups is 2. The first-order chi connectivity index (χ1) is 12.5. The van der Waals surface area contributed by atoms with E-state index in [9.17, 15) is 14.7 Å². The van der Waals surface area contributed by atoms with Crippen molar-refractivity contribution in [2.75, 3.05) is 25.0 Å². The van der Waals surface area contributed by atoms with Gasteiger partial charge in [0.2, 0.25) is 11.8 Å². The van der Waals surface area contributed by atoms with Crippen LogP contribution in [0.4, 0.5) is 5.69 Å². The number of hydrogen-bond acceptors (Lipinski definition) is 3. The van der Waals surface area contributed by atoms with Crippen LogP contribution in [0.25, 0.3) is 0 Å². The molecular weight excluding hydrogens is 328 g/mol. The molecule has 4 rings (SSSR count). The summed E-state index contributed by atoms with van der Waals surface area (Å²) in [6.45, 7) is 0.706. The standard InChI is InChI=1S/C21H22N2O3/c1-22-18-10-6-5-9-17(18)21(20(22)26,11-15-7-3-2-4-8-15)12-19(25)23-13-16(24)14-23/h2-10,16,24H,11-14H2,1H3/t21-/m0/s1. The lowest BCUT2D eigenvalue weighted by Gasteiger charge is -2.38. The number of amides is 2. The number of aliphatic hydroxyl groups excluding tert-OH is 1. The Morgan fingerprint density at radius 3 is 2.46 bits per heavy atom. The summed E-state index contributed by atoms with van der Waals surface area (Å²) < 4.78 is 0. The fourth-order valence-electron chi connectivity index (χ4n) is 4.09. The molecule has 0 unspecified atom stereocenters. The topological polar surface area (TPSA) is 60.9 Å². The van der Waals surface area contributed by atoms with Gasteiger partial charge in [0, 0.05) is 32.2 Å². The van der Waals surface area contributed by atoms with E-state index in [1.54, 1.807) is 16.8 Å². The van der Waals surface area contributed by atoms with Gasteiger partial charge in [-0.3, -0.25) is 9.59 Å². The molecule has 1 saturated heterocycles. The fraction of sp³-hybridized carbons (Fsp3) is 0.333. The van der Waals surface area contributed by atoms with Crippen LogP contribution in [0.5, 0.6) is 0 Å². The number of anilines is 1. The third kappa shape index (κ3) is 2.59. The van der Waals surface area contributed by atoms with E-state index < -0.39 is 11.5 Å².